The minimum Gasteiger partial charge on any atom is -0.310 e. The Morgan fingerprint density at radius 1 is 1.19 bits per heavy atom. The first-order valence-corrected chi connectivity index (χ1v) is 8.79. The van der Waals surface area contributed by atoms with Gasteiger partial charge in [0, 0.05) is 31.6 Å². The van der Waals surface area contributed by atoms with Gasteiger partial charge in [0.05, 0.1) is 10.6 Å². The fourth-order valence-electron chi connectivity index (χ4n) is 3.68. The van der Waals surface area contributed by atoms with E-state index in [-0.39, 0.29) is 23.8 Å². The molecule has 0 fully saturated rings. The molecule has 136 valence electrons. The van der Waals surface area contributed by atoms with Crippen molar-refractivity contribution < 1.29 is 9.72 Å². The number of benzene rings is 1. The van der Waals surface area contributed by atoms with Gasteiger partial charge >= 0.3 is 5.69 Å². The lowest BCUT2D eigenvalue weighted by atomic mass is 10.1. The third-order valence-corrected chi connectivity index (χ3v) is 5.04. The van der Waals surface area contributed by atoms with Crippen molar-refractivity contribution in [1.29, 1.82) is 0 Å². The first kappa shape index (κ1) is 16.5. The van der Waals surface area contributed by atoms with Crippen LogP contribution in [0.15, 0.2) is 23.0 Å². The molecule has 1 aromatic heterocycles. The molecule has 0 saturated heterocycles. The van der Waals surface area contributed by atoms with E-state index in [1.165, 1.54) is 21.7 Å². The van der Waals surface area contributed by atoms with E-state index >= 15 is 0 Å². The van der Waals surface area contributed by atoms with Gasteiger partial charge in [-0.2, -0.15) is 5.10 Å². The maximum Gasteiger partial charge on any atom is 0.346 e. The number of anilines is 1. The summed E-state index contributed by atoms with van der Waals surface area (Å²) in [6, 6.07) is 4.56. The Hall–Kier alpha value is -2.97. The van der Waals surface area contributed by atoms with E-state index in [0.717, 1.165) is 37.1 Å². The van der Waals surface area contributed by atoms with Crippen molar-refractivity contribution in [2.45, 2.75) is 45.2 Å². The van der Waals surface area contributed by atoms with E-state index in [1.807, 2.05) is 0 Å². The van der Waals surface area contributed by atoms with Crippen molar-refractivity contribution in [1.82, 2.24) is 14.3 Å². The standard InChI is InChI=1S/C17H19N5O4/c23-16(11-21-17(24)20-8-3-1-2-4-15(20)18-21)19-9-7-12-5-6-13(22(25)26)10-14(12)19/h5-6,10H,1-4,7-9,11H2. The molecule has 0 atom stereocenters. The molecule has 2 aliphatic heterocycles. The minimum atomic E-state index is -0.474. The molecule has 0 spiro atoms. The van der Waals surface area contributed by atoms with E-state index in [9.17, 15) is 19.7 Å². The number of nitrogens with zero attached hydrogens (tertiary/aromatic N) is 5. The summed E-state index contributed by atoms with van der Waals surface area (Å²) >= 11 is 0. The Labute approximate surface area is 149 Å². The smallest absolute Gasteiger partial charge is 0.310 e. The van der Waals surface area contributed by atoms with Crippen LogP contribution in [0.1, 0.15) is 30.7 Å². The van der Waals surface area contributed by atoms with E-state index in [1.54, 1.807) is 10.6 Å². The van der Waals surface area contributed by atoms with Crippen LogP contribution >= 0.6 is 0 Å². The van der Waals surface area contributed by atoms with Crippen molar-refractivity contribution >= 4 is 17.3 Å². The van der Waals surface area contributed by atoms with Gasteiger partial charge in [0.1, 0.15) is 12.4 Å². The summed E-state index contributed by atoms with van der Waals surface area (Å²) < 4.78 is 2.88. The van der Waals surface area contributed by atoms with Gasteiger partial charge in [0.2, 0.25) is 5.91 Å². The lowest BCUT2D eigenvalue weighted by Gasteiger charge is -2.16. The molecule has 0 radical (unpaired) electrons. The molecule has 0 saturated carbocycles. The number of hydrogen-bond donors (Lipinski definition) is 0. The number of carbonyl (C=O) groups is 1. The Balaban J connectivity index is 1.59. The van der Waals surface area contributed by atoms with Gasteiger partial charge in [-0.25, -0.2) is 9.48 Å². The zero-order valence-electron chi connectivity index (χ0n) is 14.3. The predicted molar refractivity (Wildman–Crippen MR) is 93.2 cm³/mol. The lowest BCUT2D eigenvalue weighted by molar-refractivity contribution is -0.384. The fraction of sp³-hybridized carbons (Fsp3) is 0.471. The van der Waals surface area contributed by atoms with Crippen LogP contribution in [0.4, 0.5) is 11.4 Å². The molecule has 0 bridgehead atoms. The Bertz CT molecular complexity index is 945. The predicted octanol–water partition coefficient (Wildman–Crippen LogP) is 1.27. The summed E-state index contributed by atoms with van der Waals surface area (Å²) in [7, 11) is 0. The average molecular weight is 357 g/mol. The second kappa shape index (κ2) is 6.40. The highest BCUT2D eigenvalue weighted by Gasteiger charge is 2.28. The lowest BCUT2D eigenvalue weighted by Crippen LogP contribution is -2.36. The monoisotopic (exact) mass is 357 g/mol. The van der Waals surface area contributed by atoms with Crippen molar-refractivity contribution in [2.24, 2.45) is 0 Å². The summed E-state index contributed by atoms with van der Waals surface area (Å²) in [6.45, 7) is 0.944. The molecule has 1 aromatic carbocycles. The highest BCUT2D eigenvalue weighted by molar-refractivity contribution is 5.95. The number of hydrogen-bond acceptors (Lipinski definition) is 5. The van der Waals surface area contributed by atoms with Crippen molar-refractivity contribution in [2.75, 3.05) is 11.4 Å². The zero-order valence-corrected chi connectivity index (χ0v) is 14.3. The highest BCUT2D eigenvalue weighted by atomic mass is 16.6. The molecule has 0 N–H and O–H groups in total. The Morgan fingerprint density at radius 3 is 2.85 bits per heavy atom. The Kier molecular flexibility index (Phi) is 4.06. The molecule has 26 heavy (non-hydrogen) atoms. The van der Waals surface area contributed by atoms with E-state index in [0.29, 0.717) is 25.2 Å². The molecular weight excluding hydrogens is 338 g/mol. The molecule has 9 heteroatoms. The fourth-order valence-corrected chi connectivity index (χ4v) is 3.68. The number of nitro benzene ring substituents is 1. The van der Waals surface area contributed by atoms with Gasteiger partial charge in [0.15, 0.2) is 0 Å². The van der Waals surface area contributed by atoms with Gasteiger partial charge in [0.25, 0.3) is 5.69 Å². The number of nitro groups is 1. The number of aryl methyl sites for hydroxylation is 1. The maximum atomic E-state index is 12.7. The van der Waals surface area contributed by atoms with Crippen LogP contribution < -0.4 is 10.6 Å². The van der Waals surface area contributed by atoms with Gasteiger partial charge in [-0.3, -0.25) is 19.5 Å². The molecule has 1 amide bonds. The third-order valence-electron chi connectivity index (χ3n) is 5.04. The molecule has 3 heterocycles. The molecule has 0 aliphatic carbocycles. The normalized spacial score (nSPS) is 16.1. The van der Waals surface area contributed by atoms with Gasteiger partial charge in [-0.05, 0) is 24.8 Å². The Morgan fingerprint density at radius 2 is 2.04 bits per heavy atom. The summed E-state index contributed by atoms with van der Waals surface area (Å²) in [5, 5.41) is 15.3. The van der Waals surface area contributed by atoms with E-state index in [2.05, 4.69) is 5.10 Å². The van der Waals surface area contributed by atoms with Crippen molar-refractivity contribution in [3.8, 4) is 0 Å². The van der Waals surface area contributed by atoms with Crippen molar-refractivity contribution in [3.05, 3.63) is 50.2 Å². The summed E-state index contributed by atoms with van der Waals surface area (Å²) in [5.74, 6) is 0.456. The molecule has 2 aromatic rings. The number of fused-ring (bicyclic) bond motifs is 2. The van der Waals surface area contributed by atoms with Crippen molar-refractivity contribution in [3.63, 3.8) is 0 Å². The first-order valence-electron chi connectivity index (χ1n) is 8.79. The van der Waals surface area contributed by atoms with Crippen LogP contribution in [-0.2, 0) is 30.7 Å². The number of non-ortho nitro benzene ring substituents is 1. The third kappa shape index (κ3) is 2.79. The second-order valence-electron chi connectivity index (χ2n) is 6.68. The molecule has 0 unspecified atom stereocenters. The van der Waals surface area contributed by atoms with E-state index < -0.39 is 4.92 Å². The quantitative estimate of drug-likeness (QED) is 0.608. The average Bonchev–Trinajstić information content (AvgIpc) is 3.07. The second-order valence-corrected chi connectivity index (χ2v) is 6.68. The highest BCUT2D eigenvalue weighted by Crippen LogP contribution is 2.31. The number of amides is 1. The number of rotatable bonds is 3. The van der Waals surface area contributed by atoms with Gasteiger partial charge in [-0.15, -0.1) is 0 Å². The summed E-state index contributed by atoms with van der Waals surface area (Å²) in [4.78, 5) is 37.3. The van der Waals surface area contributed by atoms with Crippen LogP contribution in [0.5, 0.6) is 0 Å². The number of aromatic nitrogens is 3. The molecule has 4 rings (SSSR count). The van der Waals surface area contributed by atoms with Gasteiger partial charge in [-0.1, -0.05) is 12.5 Å². The first-order chi connectivity index (χ1) is 12.5. The largest absolute Gasteiger partial charge is 0.346 e. The van der Waals surface area contributed by atoms with Crippen LogP contribution in [-0.4, -0.2) is 31.7 Å². The van der Waals surface area contributed by atoms with Crippen LogP contribution in [0.25, 0.3) is 0 Å². The molecule has 9 nitrogen and oxygen atoms in total. The maximum absolute atomic E-state index is 12.7. The topological polar surface area (TPSA) is 103 Å². The molecule has 2 aliphatic rings. The number of carbonyl (C=O) groups excluding carboxylic acids is 1. The summed E-state index contributed by atoms with van der Waals surface area (Å²) in [5.41, 5.74) is 1.15. The summed E-state index contributed by atoms with van der Waals surface area (Å²) in [6.07, 6.45) is 4.40. The van der Waals surface area contributed by atoms with Crippen LogP contribution in [0.3, 0.4) is 0 Å². The van der Waals surface area contributed by atoms with Crippen LogP contribution in [0, 0.1) is 10.1 Å². The molecular formula is C17H19N5O4. The zero-order chi connectivity index (χ0) is 18.3. The van der Waals surface area contributed by atoms with E-state index in [4.69, 9.17) is 0 Å². The van der Waals surface area contributed by atoms with Crippen LogP contribution in [0.2, 0.25) is 0 Å². The minimum absolute atomic E-state index is 0.0469. The SMILES string of the molecule is O=C(Cn1nc2n(c1=O)CCCCC2)N1CCc2ccc([N+](=O)[O-])cc21. The van der Waals surface area contributed by atoms with Gasteiger partial charge < -0.3 is 4.90 Å².